The second kappa shape index (κ2) is 7.13. The molecule has 3 unspecified atom stereocenters. The van der Waals surface area contributed by atoms with E-state index in [2.05, 4.69) is 44.8 Å². The van der Waals surface area contributed by atoms with Gasteiger partial charge in [0.2, 0.25) is 5.91 Å². The molecule has 18 heavy (non-hydrogen) atoms. The van der Waals surface area contributed by atoms with E-state index in [1.807, 2.05) is 0 Å². The van der Waals surface area contributed by atoms with Gasteiger partial charge in [-0.25, -0.2) is 0 Å². The lowest BCUT2D eigenvalue weighted by molar-refractivity contribution is -0.132. The highest BCUT2D eigenvalue weighted by Crippen LogP contribution is 2.24. The highest BCUT2D eigenvalue weighted by Gasteiger charge is 2.40. The van der Waals surface area contributed by atoms with Crippen LogP contribution < -0.4 is 5.32 Å². The van der Waals surface area contributed by atoms with Crippen LogP contribution in [-0.2, 0) is 4.79 Å². The molecule has 3 nitrogen and oxygen atoms in total. The fraction of sp³-hybridized carbons (Fsp3) is 0.933. The third-order valence-corrected chi connectivity index (χ3v) is 3.86. The molecule has 0 spiro atoms. The first-order valence-corrected chi connectivity index (χ1v) is 7.63. The number of nitrogens with zero attached hydrogens (tertiary/aromatic N) is 1. The molecule has 0 aromatic carbocycles. The average Bonchev–Trinajstić information content (AvgIpc) is 2.63. The van der Waals surface area contributed by atoms with Gasteiger partial charge in [-0.2, -0.15) is 0 Å². The summed E-state index contributed by atoms with van der Waals surface area (Å²) in [5.41, 5.74) is 0. The van der Waals surface area contributed by atoms with Crippen LogP contribution in [0.15, 0.2) is 0 Å². The number of hydrogen-bond donors (Lipinski definition) is 1. The highest BCUT2D eigenvalue weighted by atomic mass is 16.2. The monoisotopic (exact) mass is 254 g/mol. The van der Waals surface area contributed by atoms with Crippen molar-refractivity contribution in [3.63, 3.8) is 0 Å². The van der Waals surface area contributed by atoms with Crippen molar-refractivity contribution in [2.24, 2.45) is 5.92 Å². The van der Waals surface area contributed by atoms with E-state index in [1.165, 1.54) is 0 Å². The van der Waals surface area contributed by atoms with Gasteiger partial charge in [-0.3, -0.25) is 10.1 Å². The summed E-state index contributed by atoms with van der Waals surface area (Å²) in [5.74, 6) is 0.894. The third kappa shape index (κ3) is 3.47. The molecule has 1 heterocycles. The molecule has 1 fully saturated rings. The molecular formula is C15H30N2O. The van der Waals surface area contributed by atoms with Crippen molar-refractivity contribution in [1.82, 2.24) is 10.2 Å². The van der Waals surface area contributed by atoms with Crippen molar-refractivity contribution in [1.29, 1.82) is 0 Å². The molecule has 1 rings (SSSR count). The summed E-state index contributed by atoms with van der Waals surface area (Å²) >= 11 is 0. The molecular weight excluding hydrogens is 224 g/mol. The van der Waals surface area contributed by atoms with Gasteiger partial charge in [0.1, 0.15) is 0 Å². The maximum Gasteiger partial charge on any atom is 0.241 e. The van der Waals surface area contributed by atoms with E-state index in [1.54, 1.807) is 0 Å². The maximum atomic E-state index is 12.5. The molecule has 1 aliphatic heterocycles. The summed E-state index contributed by atoms with van der Waals surface area (Å²) in [6.45, 7) is 10.9. The van der Waals surface area contributed by atoms with Crippen LogP contribution in [-0.4, -0.2) is 29.1 Å². The molecule has 0 aromatic rings. The van der Waals surface area contributed by atoms with Crippen LogP contribution in [0, 0.1) is 5.92 Å². The van der Waals surface area contributed by atoms with Crippen molar-refractivity contribution in [2.45, 2.75) is 85.0 Å². The van der Waals surface area contributed by atoms with Gasteiger partial charge < -0.3 is 4.90 Å². The summed E-state index contributed by atoms with van der Waals surface area (Å²) in [4.78, 5) is 14.7. The van der Waals surface area contributed by atoms with E-state index in [0.717, 1.165) is 32.1 Å². The number of carbonyl (C=O) groups is 1. The summed E-state index contributed by atoms with van der Waals surface area (Å²) in [6, 6.07) is 0.456. The molecule has 0 bridgehead atoms. The van der Waals surface area contributed by atoms with E-state index in [0.29, 0.717) is 17.9 Å². The zero-order valence-electron chi connectivity index (χ0n) is 12.7. The molecule has 1 aliphatic rings. The lowest BCUT2D eigenvalue weighted by atomic mass is 10.0. The number of carbonyl (C=O) groups excluding carboxylic acids is 1. The van der Waals surface area contributed by atoms with Gasteiger partial charge in [0.25, 0.3) is 0 Å². The first-order chi connectivity index (χ1) is 8.54. The fourth-order valence-corrected chi connectivity index (χ4v) is 2.98. The van der Waals surface area contributed by atoms with Gasteiger partial charge >= 0.3 is 0 Å². The predicted octanol–water partition coefficient (Wildman–Crippen LogP) is 3.15. The smallest absolute Gasteiger partial charge is 0.241 e. The van der Waals surface area contributed by atoms with Crippen molar-refractivity contribution in [3.8, 4) is 0 Å². The molecule has 0 radical (unpaired) electrons. The lowest BCUT2D eigenvalue weighted by Gasteiger charge is -2.31. The Labute approximate surface area is 112 Å². The van der Waals surface area contributed by atoms with E-state index in [4.69, 9.17) is 0 Å². The largest absolute Gasteiger partial charge is 0.323 e. The second-order valence-electron chi connectivity index (χ2n) is 5.87. The Kier molecular flexibility index (Phi) is 6.13. The quantitative estimate of drug-likeness (QED) is 0.757. The van der Waals surface area contributed by atoms with Crippen molar-refractivity contribution in [3.05, 3.63) is 0 Å². The Balaban J connectivity index is 2.78. The van der Waals surface area contributed by atoms with Gasteiger partial charge in [0.05, 0.1) is 12.2 Å². The van der Waals surface area contributed by atoms with Gasteiger partial charge in [-0.05, 0) is 31.6 Å². The summed E-state index contributed by atoms with van der Waals surface area (Å²) in [6.07, 6.45) is 5.53. The maximum absolute atomic E-state index is 12.5. The zero-order valence-corrected chi connectivity index (χ0v) is 12.7. The summed E-state index contributed by atoms with van der Waals surface area (Å²) in [5, 5.41) is 3.52. The van der Waals surface area contributed by atoms with Gasteiger partial charge in [-0.1, -0.05) is 41.0 Å². The van der Waals surface area contributed by atoms with Crippen LogP contribution in [0.1, 0.15) is 66.7 Å². The number of rotatable bonds is 7. The topological polar surface area (TPSA) is 32.3 Å². The predicted molar refractivity (Wildman–Crippen MR) is 76.3 cm³/mol. The van der Waals surface area contributed by atoms with Crippen molar-refractivity contribution in [2.75, 3.05) is 0 Å². The Hall–Kier alpha value is -0.570. The van der Waals surface area contributed by atoms with Crippen molar-refractivity contribution >= 4 is 5.91 Å². The van der Waals surface area contributed by atoms with Crippen molar-refractivity contribution < 1.29 is 4.79 Å². The first kappa shape index (κ1) is 15.5. The van der Waals surface area contributed by atoms with Crippen LogP contribution >= 0.6 is 0 Å². The van der Waals surface area contributed by atoms with Crippen LogP contribution in [0.3, 0.4) is 0 Å². The fourth-order valence-electron chi connectivity index (χ4n) is 2.98. The second-order valence-corrected chi connectivity index (χ2v) is 5.87. The Morgan fingerprint density at radius 3 is 2.39 bits per heavy atom. The van der Waals surface area contributed by atoms with Gasteiger partial charge in [0.15, 0.2) is 0 Å². The van der Waals surface area contributed by atoms with Crippen LogP contribution in [0.4, 0.5) is 0 Å². The summed E-state index contributed by atoms with van der Waals surface area (Å²) < 4.78 is 0. The lowest BCUT2D eigenvalue weighted by Crippen LogP contribution is -2.44. The number of amides is 1. The number of nitrogens with one attached hydrogen (secondary N) is 1. The number of hydrogen-bond acceptors (Lipinski definition) is 2. The molecule has 0 aromatic heterocycles. The van der Waals surface area contributed by atoms with Gasteiger partial charge in [0, 0.05) is 6.04 Å². The van der Waals surface area contributed by atoms with Crippen LogP contribution in [0.25, 0.3) is 0 Å². The third-order valence-electron chi connectivity index (χ3n) is 3.86. The minimum atomic E-state index is 0.0425. The molecule has 1 saturated heterocycles. The van der Waals surface area contributed by atoms with Crippen LogP contribution in [0.5, 0.6) is 0 Å². The Bertz CT molecular complexity index is 265. The minimum absolute atomic E-state index is 0.0425. The molecule has 0 saturated carbocycles. The molecule has 3 heteroatoms. The normalized spacial score (nSPS) is 26.1. The minimum Gasteiger partial charge on any atom is -0.323 e. The van der Waals surface area contributed by atoms with E-state index < -0.39 is 0 Å². The van der Waals surface area contributed by atoms with E-state index >= 15 is 0 Å². The summed E-state index contributed by atoms with van der Waals surface area (Å²) in [7, 11) is 0. The Morgan fingerprint density at radius 2 is 1.94 bits per heavy atom. The molecule has 3 atom stereocenters. The SMILES string of the molecule is CCCC(CC)N1C(=O)C(CC(C)C)NC1CC. The molecule has 1 amide bonds. The first-order valence-electron chi connectivity index (χ1n) is 7.63. The molecule has 0 aliphatic carbocycles. The van der Waals surface area contributed by atoms with E-state index in [9.17, 15) is 4.79 Å². The molecule has 1 N–H and O–H groups in total. The van der Waals surface area contributed by atoms with Crippen LogP contribution in [0.2, 0.25) is 0 Å². The zero-order chi connectivity index (χ0) is 13.7. The molecule has 106 valence electrons. The highest BCUT2D eigenvalue weighted by molar-refractivity contribution is 5.84. The Morgan fingerprint density at radius 1 is 1.28 bits per heavy atom. The van der Waals surface area contributed by atoms with E-state index in [-0.39, 0.29) is 12.2 Å². The average molecular weight is 254 g/mol. The standard InChI is InChI=1S/C15H30N2O/c1-6-9-12(7-2)17-14(8-3)16-13(15(17)18)10-11(4)5/h11-14,16H,6-10H2,1-5H3. The van der Waals surface area contributed by atoms with Gasteiger partial charge in [-0.15, -0.1) is 0 Å².